The highest BCUT2D eigenvalue weighted by atomic mass is 32.2. The van der Waals surface area contributed by atoms with Crippen LogP contribution in [0.1, 0.15) is 19.3 Å². The Bertz CT molecular complexity index is 191. The van der Waals surface area contributed by atoms with Gasteiger partial charge in [0.2, 0.25) is 0 Å². The second-order valence-electron chi connectivity index (χ2n) is 2.63. The van der Waals surface area contributed by atoms with Gasteiger partial charge >= 0.3 is 5.97 Å². The molecule has 74 valence electrons. The van der Waals surface area contributed by atoms with Gasteiger partial charge in [-0.1, -0.05) is 0 Å². The number of nitrogens with two attached hydrogens (primary N) is 1. The standard InChI is InChI=1S/C8H14N2O2S/c9-4-2-1-3-5-13-6-7(10)8(11)12/h7H,1-3,5-6,10H2,(H,11,12). The number of nitrogens with zero attached hydrogens (tertiary/aromatic N) is 1. The quantitative estimate of drug-likeness (QED) is 0.597. The minimum Gasteiger partial charge on any atom is -0.480 e. The van der Waals surface area contributed by atoms with Crippen molar-refractivity contribution >= 4 is 17.7 Å². The summed E-state index contributed by atoms with van der Waals surface area (Å²) in [5.74, 6) is 0.370. The number of hydrogen-bond acceptors (Lipinski definition) is 4. The Labute approximate surface area is 82.1 Å². The molecule has 0 aliphatic heterocycles. The maximum Gasteiger partial charge on any atom is 0.321 e. The average molecular weight is 202 g/mol. The fraction of sp³-hybridized carbons (Fsp3) is 0.750. The topological polar surface area (TPSA) is 87.1 Å². The summed E-state index contributed by atoms with van der Waals surface area (Å²) in [5, 5.41) is 16.7. The normalized spacial score (nSPS) is 12.0. The number of carboxylic acid groups (broad SMARTS) is 1. The third kappa shape index (κ3) is 7.62. The van der Waals surface area contributed by atoms with E-state index in [4.69, 9.17) is 16.1 Å². The highest BCUT2D eigenvalue weighted by Gasteiger charge is 2.09. The Morgan fingerprint density at radius 3 is 2.85 bits per heavy atom. The van der Waals surface area contributed by atoms with Gasteiger partial charge < -0.3 is 10.8 Å². The number of unbranched alkanes of at least 4 members (excludes halogenated alkanes) is 2. The van der Waals surface area contributed by atoms with Gasteiger partial charge in [0.05, 0.1) is 6.07 Å². The molecule has 0 aliphatic carbocycles. The molecular formula is C8H14N2O2S. The molecule has 3 N–H and O–H groups in total. The number of rotatable bonds is 7. The average Bonchev–Trinajstić information content (AvgIpc) is 2.10. The van der Waals surface area contributed by atoms with Crippen molar-refractivity contribution in [3.05, 3.63) is 0 Å². The molecule has 1 unspecified atom stereocenters. The summed E-state index contributed by atoms with van der Waals surface area (Å²) in [6.45, 7) is 0. The molecule has 0 heterocycles. The lowest BCUT2D eigenvalue weighted by Gasteiger charge is -2.04. The monoisotopic (exact) mass is 202 g/mol. The third-order valence-corrected chi connectivity index (χ3v) is 2.61. The number of nitriles is 1. The summed E-state index contributed by atoms with van der Waals surface area (Å²) in [4.78, 5) is 10.3. The van der Waals surface area contributed by atoms with E-state index < -0.39 is 12.0 Å². The molecule has 0 saturated heterocycles. The van der Waals surface area contributed by atoms with E-state index in [-0.39, 0.29) is 0 Å². The molecule has 0 aliphatic rings. The van der Waals surface area contributed by atoms with Gasteiger partial charge in [-0.25, -0.2) is 0 Å². The van der Waals surface area contributed by atoms with E-state index in [1.54, 1.807) is 0 Å². The van der Waals surface area contributed by atoms with E-state index >= 15 is 0 Å². The van der Waals surface area contributed by atoms with Crippen LogP contribution in [0.3, 0.4) is 0 Å². The number of carbonyl (C=O) groups is 1. The van der Waals surface area contributed by atoms with Crippen LogP contribution in [0.4, 0.5) is 0 Å². The van der Waals surface area contributed by atoms with Crippen LogP contribution in [0.25, 0.3) is 0 Å². The number of thioether (sulfide) groups is 1. The Balaban J connectivity index is 3.17. The van der Waals surface area contributed by atoms with Crippen LogP contribution in [0.15, 0.2) is 0 Å². The van der Waals surface area contributed by atoms with Crippen molar-refractivity contribution < 1.29 is 9.90 Å². The van der Waals surface area contributed by atoms with Crippen LogP contribution < -0.4 is 5.73 Å². The maximum atomic E-state index is 10.3. The highest BCUT2D eigenvalue weighted by Crippen LogP contribution is 2.06. The fourth-order valence-corrected chi connectivity index (χ4v) is 1.66. The summed E-state index contributed by atoms with van der Waals surface area (Å²) < 4.78 is 0. The first-order valence-electron chi connectivity index (χ1n) is 4.11. The molecule has 0 bridgehead atoms. The van der Waals surface area contributed by atoms with Crippen molar-refractivity contribution in [2.45, 2.75) is 25.3 Å². The van der Waals surface area contributed by atoms with Crippen LogP contribution in [-0.4, -0.2) is 28.6 Å². The Hall–Kier alpha value is -0.730. The van der Waals surface area contributed by atoms with Crippen molar-refractivity contribution in [1.82, 2.24) is 0 Å². The summed E-state index contributed by atoms with van der Waals surface area (Å²) >= 11 is 1.52. The predicted molar refractivity (Wildman–Crippen MR) is 52.4 cm³/mol. The Kier molecular flexibility index (Phi) is 7.45. The highest BCUT2D eigenvalue weighted by molar-refractivity contribution is 7.99. The van der Waals surface area contributed by atoms with Gasteiger partial charge in [-0.05, 0) is 18.6 Å². The molecule has 0 spiro atoms. The van der Waals surface area contributed by atoms with Crippen LogP contribution in [0.2, 0.25) is 0 Å². The molecule has 0 aromatic rings. The summed E-state index contributed by atoms with van der Waals surface area (Å²) in [6, 6.07) is 1.29. The molecule has 0 radical (unpaired) electrons. The van der Waals surface area contributed by atoms with Crippen molar-refractivity contribution in [3.8, 4) is 6.07 Å². The summed E-state index contributed by atoms with van der Waals surface area (Å²) in [6.07, 6.45) is 2.40. The molecule has 0 rings (SSSR count). The third-order valence-electron chi connectivity index (χ3n) is 1.44. The van der Waals surface area contributed by atoms with Gasteiger partial charge in [0.1, 0.15) is 6.04 Å². The van der Waals surface area contributed by atoms with E-state index in [9.17, 15) is 4.79 Å². The zero-order chi connectivity index (χ0) is 10.1. The van der Waals surface area contributed by atoms with Crippen LogP contribution in [0.5, 0.6) is 0 Å². The van der Waals surface area contributed by atoms with Crippen LogP contribution >= 0.6 is 11.8 Å². The van der Waals surface area contributed by atoms with Gasteiger partial charge in [0.25, 0.3) is 0 Å². The van der Waals surface area contributed by atoms with Gasteiger partial charge in [-0.3, -0.25) is 4.79 Å². The van der Waals surface area contributed by atoms with E-state index in [1.165, 1.54) is 11.8 Å². The number of carboxylic acids is 1. The molecule has 1 atom stereocenters. The minimum atomic E-state index is -0.954. The van der Waals surface area contributed by atoms with Crippen molar-refractivity contribution in [2.75, 3.05) is 11.5 Å². The largest absolute Gasteiger partial charge is 0.480 e. The first-order valence-corrected chi connectivity index (χ1v) is 5.27. The fourth-order valence-electron chi connectivity index (χ4n) is 0.690. The lowest BCUT2D eigenvalue weighted by Crippen LogP contribution is -2.32. The number of hydrogen-bond donors (Lipinski definition) is 2. The first-order chi connectivity index (χ1) is 6.18. The maximum absolute atomic E-state index is 10.3. The Morgan fingerprint density at radius 2 is 2.31 bits per heavy atom. The smallest absolute Gasteiger partial charge is 0.321 e. The molecule has 0 aromatic carbocycles. The Morgan fingerprint density at radius 1 is 1.62 bits per heavy atom. The summed E-state index contributed by atoms with van der Waals surface area (Å²) in [7, 11) is 0. The van der Waals surface area contributed by atoms with Gasteiger partial charge in [0, 0.05) is 12.2 Å². The van der Waals surface area contributed by atoms with Crippen LogP contribution in [-0.2, 0) is 4.79 Å². The molecule has 0 saturated carbocycles. The molecule has 0 fully saturated rings. The van der Waals surface area contributed by atoms with E-state index in [0.717, 1.165) is 18.6 Å². The van der Waals surface area contributed by atoms with Gasteiger partial charge in [-0.2, -0.15) is 17.0 Å². The van der Waals surface area contributed by atoms with Crippen molar-refractivity contribution in [2.24, 2.45) is 5.73 Å². The zero-order valence-corrected chi connectivity index (χ0v) is 8.22. The predicted octanol–water partition coefficient (Wildman–Crippen LogP) is 0.825. The number of aliphatic carboxylic acids is 1. The SMILES string of the molecule is N#CCCCCSCC(N)C(=O)O. The molecule has 5 heteroatoms. The molecule has 0 amide bonds. The van der Waals surface area contributed by atoms with E-state index in [2.05, 4.69) is 6.07 Å². The van der Waals surface area contributed by atoms with Gasteiger partial charge in [0.15, 0.2) is 0 Å². The molecule has 13 heavy (non-hydrogen) atoms. The minimum absolute atomic E-state index is 0.446. The second kappa shape index (κ2) is 7.90. The van der Waals surface area contributed by atoms with Gasteiger partial charge in [-0.15, -0.1) is 0 Å². The molecular weight excluding hydrogens is 188 g/mol. The van der Waals surface area contributed by atoms with E-state index in [1.807, 2.05) is 0 Å². The first kappa shape index (κ1) is 12.3. The molecule has 4 nitrogen and oxygen atoms in total. The van der Waals surface area contributed by atoms with Crippen molar-refractivity contribution in [3.63, 3.8) is 0 Å². The zero-order valence-electron chi connectivity index (χ0n) is 7.40. The van der Waals surface area contributed by atoms with Crippen LogP contribution in [0, 0.1) is 11.3 Å². The lowest BCUT2D eigenvalue weighted by atomic mass is 10.3. The lowest BCUT2D eigenvalue weighted by molar-refractivity contribution is -0.137. The van der Waals surface area contributed by atoms with E-state index in [0.29, 0.717) is 12.2 Å². The molecule has 0 aromatic heterocycles. The second-order valence-corrected chi connectivity index (χ2v) is 3.78. The summed E-state index contributed by atoms with van der Waals surface area (Å²) in [5.41, 5.74) is 5.28. The van der Waals surface area contributed by atoms with Crippen molar-refractivity contribution in [1.29, 1.82) is 5.26 Å².